The van der Waals surface area contributed by atoms with E-state index in [1.165, 1.54) is 22.3 Å². The molecule has 0 heterocycles. The molecule has 1 unspecified atom stereocenters. The van der Waals surface area contributed by atoms with Gasteiger partial charge in [0.15, 0.2) is 0 Å². The lowest BCUT2D eigenvalue weighted by atomic mass is 9.94. The topological polar surface area (TPSA) is 12.0 Å². The lowest BCUT2D eigenvalue weighted by Gasteiger charge is -2.19. The number of nitrogens with one attached hydrogen (secondary N) is 1. The third kappa shape index (κ3) is 3.68. The van der Waals surface area contributed by atoms with Crippen molar-refractivity contribution >= 4 is 15.9 Å². The first-order valence-corrected chi connectivity index (χ1v) is 7.38. The fourth-order valence-electron chi connectivity index (χ4n) is 2.36. The molecule has 0 aliphatic carbocycles. The van der Waals surface area contributed by atoms with Gasteiger partial charge in [-0.05, 0) is 56.1 Å². The van der Waals surface area contributed by atoms with Crippen LogP contribution in [-0.2, 0) is 6.42 Å². The van der Waals surface area contributed by atoms with Crippen molar-refractivity contribution < 1.29 is 0 Å². The van der Waals surface area contributed by atoms with Gasteiger partial charge in [0.25, 0.3) is 0 Å². The van der Waals surface area contributed by atoms with Crippen LogP contribution in [0.2, 0.25) is 0 Å². The maximum Gasteiger partial charge on any atom is 0.0361 e. The second-order valence-electron chi connectivity index (χ2n) is 5.03. The molecule has 2 rings (SSSR count). The Balaban J connectivity index is 2.24. The van der Waals surface area contributed by atoms with E-state index < -0.39 is 0 Å². The summed E-state index contributed by atoms with van der Waals surface area (Å²) in [5, 5.41) is 3.44. The van der Waals surface area contributed by atoms with Crippen molar-refractivity contribution in [2.75, 3.05) is 7.05 Å². The van der Waals surface area contributed by atoms with Gasteiger partial charge in [-0.15, -0.1) is 0 Å². The van der Waals surface area contributed by atoms with Crippen LogP contribution >= 0.6 is 15.9 Å². The van der Waals surface area contributed by atoms with Crippen molar-refractivity contribution in [2.45, 2.75) is 26.3 Å². The molecule has 0 aromatic heterocycles. The maximum absolute atomic E-state index is 3.48. The number of hydrogen-bond donors (Lipinski definition) is 1. The predicted octanol–water partition coefficient (Wildman–Crippen LogP) is 4.57. The van der Waals surface area contributed by atoms with Gasteiger partial charge >= 0.3 is 0 Å². The second-order valence-corrected chi connectivity index (χ2v) is 5.95. The van der Waals surface area contributed by atoms with E-state index in [0.29, 0.717) is 6.04 Å². The Morgan fingerprint density at radius 2 is 1.74 bits per heavy atom. The van der Waals surface area contributed by atoms with Crippen molar-refractivity contribution in [3.05, 3.63) is 69.2 Å². The van der Waals surface area contributed by atoms with Gasteiger partial charge in [-0.3, -0.25) is 0 Å². The average Bonchev–Trinajstić information content (AvgIpc) is 2.41. The van der Waals surface area contributed by atoms with E-state index in [2.05, 4.69) is 77.6 Å². The quantitative estimate of drug-likeness (QED) is 0.871. The lowest BCUT2D eigenvalue weighted by molar-refractivity contribution is 0.588. The Hall–Kier alpha value is -1.12. The first kappa shape index (κ1) is 14.3. The fourth-order valence-corrected chi connectivity index (χ4v) is 2.62. The van der Waals surface area contributed by atoms with Gasteiger partial charge in [-0.1, -0.05) is 51.8 Å². The molecule has 0 saturated heterocycles. The molecule has 0 bridgehead atoms. The highest BCUT2D eigenvalue weighted by Gasteiger charge is 2.12. The van der Waals surface area contributed by atoms with E-state index >= 15 is 0 Å². The van der Waals surface area contributed by atoms with Gasteiger partial charge in [-0.25, -0.2) is 0 Å². The molecule has 0 radical (unpaired) electrons. The van der Waals surface area contributed by atoms with Gasteiger partial charge in [-0.2, -0.15) is 0 Å². The third-order valence-electron chi connectivity index (χ3n) is 3.51. The van der Waals surface area contributed by atoms with Crippen molar-refractivity contribution in [1.82, 2.24) is 5.32 Å². The summed E-state index contributed by atoms with van der Waals surface area (Å²) < 4.78 is 1.13. The van der Waals surface area contributed by atoms with Crippen LogP contribution in [0.3, 0.4) is 0 Å². The number of halogens is 1. The molecule has 0 spiro atoms. The van der Waals surface area contributed by atoms with Gasteiger partial charge in [0.1, 0.15) is 0 Å². The summed E-state index contributed by atoms with van der Waals surface area (Å²) in [6.45, 7) is 4.33. The van der Waals surface area contributed by atoms with Crippen LogP contribution < -0.4 is 5.32 Å². The Labute approximate surface area is 124 Å². The molecular weight excluding hydrogens is 298 g/mol. The van der Waals surface area contributed by atoms with E-state index in [1.54, 1.807) is 0 Å². The minimum atomic E-state index is 0.362. The van der Waals surface area contributed by atoms with E-state index in [9.17, 15) is 0 Å². The molecule has 19 heavy (non-hydrogen) atoms. The van der Waals surface area contributed by atoms with E-state index in [0.717, 1.165) is 10.9 Å². The van der Waals surface area contributed by atoms with Crippen molar-refractivity contribution in [1.29, 1.82) is 0 Å². The maximum atomic E-state index is 3.48. The average molecular weight is 318 g/mol. The minimum absolute atomic E-state index is 0.362. The summed E-state index contributed by atoms with van der Waals surface area (Å²) in [5.41, 5.74) is 5.41. The van der Waals surface area contributed by atoms with Crippen LogP contribution in [0.4, 0.5) is 0 Å². The minimum Gasteiger partial charge on any atom is -0.313 e. The zero-order valence-electron chi connectivity index (χ0n) is 11.7. The lowest BCUT2D eigenvalue weighted by Crippen LogP contribution is -2.20. The highest BCUT2D eigenvalue weighted by atomic mass is 79.9. The summed E-state index contributed by atoms with van der Waals surface area (Å²) in [6, 6.07) is 15.6. The fraction of sp³-hybridized carbons (Fsp3) is 0.294. The molecule has 2 heteroatoms. The van der Waals surface area contributed by atoms with Crippen molar-refractivity contribution in [3.8, 4) is 0 Å². The third-order valence-corrected chi connectivity index (χ3v) is 4.04. The Morgan fingerprint density at radius 3 is 2.37 bits per heavy atom. The molecule has 1 atom stereocenters. The largest absolute Gasteiger partial charge is 0.313 e. The van der Waals surface area contributed by atoms with Gasteiger partial charge in [0, 0.05) is 10.5 Å². The molecule has 0 saturated carbocycles. The highest BCUT2D eigenvalue weighted by Crippen LogP contribution is 2.23. The van der Waals surface area contributed by atoms with Crippen LogP contribution in [0.5, 0.6) is 0 Å². The molecule has 1 N–H and O–H groups in total. The Bertz CT molecular complexity index is 546. The molecule has 2 aromatic carbocycles. The van der Waals surface area contributed by atoms with Crippen molar-refractivity contribution in [2.24, 2.45) is 0 Å². The molecule has 1 nitrogen and oxygen atoms in total. The number of rotatable bonds is 4. The molecule has 100 valence electrons. The number of aryl methyl sites for hydroxylation is 2. The summed E-state index contributed by atoms with van der Waals surface area (Å²) in [7, 11) is 2.03. The number of benzene rings is 2. The first-order chi connectivity index (χ1) is 9.10. The summed E-state index contributed by atoms with van der Waals surface area (Å²) in [6.07, 6.45) is 1.01. The van der Waals surface area contributed by atoms with E-state index in [1.807, 2.05) is 7.05 Å². The summed E-state index contributed by atoms with van der Waals surface area (Å²) >= 11 is 3.48. The normalized spacial score (nSPS) is 12.4. The number of likely N-dealkylation sites (N-methyl/N-ethyl adjacent to an activating group) is 1. The van der Waals surface area contributed by atoms with Crippen LogP contribution in [0.15, 0.2) is 46.9 Å². The SMILES string of the molecule is CNC(Cc1ccc(Br)cc1)c1cc(C)ccc1C. The van der Waals surface area contributed by atoms with E-state index in [4.69, 9.17) is 0 Å². The van der Waals surface area contributed by atoms with Gasteiger partial charge in [0.05, 0.1) is 0 Å². The monoisotopic (exact) mass is 317 g/mol. The Kier molecular flexibility index (Phi) is 4.78. The number of hydrogen-bond acceptors (Lipinski definition) is 1. The predicted molar refractivity (Wildman–Crippen MR) is 85.6 cm³/mol. The Morgan fingerprint density at radius 1 is 1.05 bits per heavy atom. The standard InChI is InChI=1S/C17H20BrN/c1-12-4-5-13(2)16(10-12)17(19-3)11-14-6-8-15(18)9-7-14/h4-10,17,19H,11H2,1-3H3. The van der Waals surface area contributed by atoms with Crippen LogP contribution in [-0.4, -0.2) is 7.05 Å². The van der Waals surface area contributed by atoms with Crippen LogP contribution in [0.25, 0.3) is 0 Å². The molecule has 0 fully saturated rings. The molecule has 0 aliphatic heterocycles. The molecular formula is C17H20BrN. The smallest absolute Gasteiger partial charge is 0.0361 e. The highest BCUT2D eigenvalue weighted by molar-refractivity contribution is 9.10. The molecule has 2 aromatic rings. The zero-order chi connectivity index (χ0) is 13.8. The van der Waals surface area contributed by atoms with Crippen LogP contribution in [0.1, 0.15) is 28.3 Å². The first-order valence-electron chi connectivity index (χ1n) is 6.59. The molecule has 0 aliphatic rings. The van der Waals surface area contributed by atoms with Crippen molar-refractivity contribution in [3.63, 3.8) is 0 Å². The zero-order valence-corrected chi connectivity index (χ0v) is 13.3. The second kappa shape index (κ2) is 6.36. The van der Waals surface area contributed by atoms with E-state index in [-0.39, 0.29) is 0 Å². The summed E-state index contributed by atoms with van der Waals surface area (Å²) in [4.78, 5) is 0. The van der Waals surface area contributed by atoms with Crippen LogP contribution in [0, 0.1) is 13.8 Å². The molecule has 0 amide bonds. The summed E-state index contributed by atoms with van der Waals surface area (Å²) in [5.74, 6) is 0. The van der Waals surface area contributed by atoms with Gasteiger partial charge in [0.2, 0.25) is 0 Å². The van der Waals surface area contributed by atoms with Gasteiger partial charge < -0.3 is 5.32 Å².